The van der Waals surface area contributed by atoms with Gasteiger partial charge in [-0.3, -0.25) is 4.79 Å². The minimum atomic E-state index is 0. The Balaban J connectivity index is 0.00000208. The highest BCUT2D eigenvalue weighted by atomic mass is 35.5. The van der Waals surface area contributed by atoms with Crippen molar-refractivity contribution in [3.63, 3.8) is 0 Å². The average molecular weight is 353 g/mol. The number of benzene rings is 1. The summed E-state index contributed by atoms with van der Waals surface area (Å²) in [7, 11) is 0. The minimum Gasteiger partial charge on any atom is -0.374 e. The van der Waals surface area contributed by atoms with Gasteiger partial charge in [0.25, 0.3) is 0 Å². The molecular weight excluding hydrogens is 324 g/mol. The van der Waals surface area contributed by atoms with E-state index in [2.05, 4.69) is 29.7 Å². The molecule has 1 aromatic rings. The van der Waals surface area contributed by atoms with Gasteiger partial charge in [0.15, 0.2) is 0 Å². The van der Waals surface area contributed by atoms with Crippen molar-refractivity contribution in [2.45, 2.75) is 38.7 Å². The normalized spacial score (nSPS) is 22.5. The molecule has 3 rings (SSSR count). The maximum absolute atomic E-state index is 12.2. The molecule has 2 aliphatic rings. The van der Waals surface area contributed by atoms with Crippen LogP contribution in [-0.4, -0.2) is 32.1 Å². The summed E-state index contributed by atoms with van der Waals surface area (Å²) < 4.78 is 5.84. The van der Waals surface area contributed by atoms with Crippen LogP contribution < -0.4 is 10.6 Å². The Hall–Kier alpha value is -1.10. The number of carbonyl (C=O) groups is 1. The molecule has 1 aromatic carbocycles. The lowest BCUT2D eigenvalue weighted by Crippen LogP contribution is -2.34. The maximum Gasteiger partial charge on any atom is 0.223 e. The van der Waals surface area contributed by atoms with Crippen LogP contribution in [0, 0.1) is 11.3 Å². The highest BCUT2D eigenvalue weighted by Gasteiger charge is 2.57. The van der Waals surface area contributed by atoms with Crippen LogP contribution in [0.4, 0.5) is 0 Å². The Bertz CT molecular complexity index is 517. The van der Waals surface area contributed by atoms with E-state index in [4.69, 9.17) is 4.74 Å². The van der Waals surface area contributed by atoms with Crippen LogP contribution in [0.1, 0.15) is 44.3 Å². The molecule has 2 N–H and O–H groups in total. The van der Waals surface area contributed by atoms with Crippen molar-refractivity contribution in [1.29, 1.82) is 0 Å². The molecule has 4 nitrogen and oxygen atoms in total. The first kappa shape index (κ1) is 19.2. The summed E-state index contributed by atoms with van der Waals surface area (Å²) in [5, 5.41) is 6.47. The minimum absolute atomic E-state index is 0. The smallest absolute Gasteiger partial charge is 0.223 e. The summed E-state index contributed by atoms with van der Waals surface area (Å²) in [5.74, 6) is 0.511. The van der Waals surface area contributed by atoms with E-state index in [1.807, 2.05) is 18.2 Å². The summed E-state index contributed by atoms with van der Waals surface area (Å²) in [6, 6.07) is 10.2. The number of rotatable bonds is 7. The van der Waals surface area contributed by atoms with Crippen LogP contribution >= 0.6 is 12.4 Å². The fraction of sp³-hybridized carbons (Fsp3) is 0.632. The summed E-state index contributed by atoms with van der Waals surface area (Å²) >= 11 is 0. The van der Waals surface area contributed by atoms with Crippen LogP contribution in [0.2, 0.25) is 0 Å². The van der Waals surface area contributed by atoms with Gasteiger partial charge in [-0.05, 0) is 56.7 Å². The molecule has 0 bridgehead atoms. The Kier molecular flexibility index (Phi) is 7.08. The van der Waals surface area contributed by atoms with Crippen molar-refractivity contribution in [2.75, 3.05) is 26.2 Å². The molecule has 1 heterocycles. The number of carbonyl (C=O) groups excluding carboxylic acids is 1. The van der Waals surface area contributed by atoms with Crippen LogP contribution in [0.15, 0.2) is 30.3 Å². The molecule has 0 aromatic heterocycles. The second kappa shape index (κ2) is 8.84. The first-order valence-corrected chi connectivity index (χ1v) is 8.86. The Labute approximate surface area is 151 Å². The van der Waals surface area contributed by atoms with Gasteiger partial charge in [0, 0.05) is 19.1 Å². The zero-order valence-electron chi connectivity index (χ0n) is 14.4. The highest BCUT2D eigenvalue weighted by Crippen LogP contribution is 2.58. The van der Waals surface area contributed by atoms with Gasteiger partial charge in [-0.2, -0.15) is 0 Å². The van der Waals surface area contributed by atoms with E-state index in [1.54, 1.807) is 0 Å². The van der Waals surface area contributed by atoms with Gasteiger partial charge in [0.05, 0.1) is 6.10 Å². The molecule has 134 valence electrons. The van der Waals surface area contributed by atoms with E-state index in [0.717, 1.165) is 38.8 Å². The molecule has 2 atom stereocenters. The van der Waals surface area contributed by atoms with Gasteiger partial charge in [-0.15, -0.1) is 12.4 Å². The number of nitrogens with one attached hydrogen (secondary N) is 2. The third-order valence-corrected chi connectivity index (χ3v) is 5.36. The van der Waals surface area contributed by atoms with Crippen molar-refractivity contribution in [1.82, 2.24) is 10.6 Å². The van der Waals surface area contributed by atoms with Gasteiger partial charge in [0.2, 0.25) is 5.91 Å². The lowest BCUT2D eigenvalue weighted by molar-refractivity contribution is -0.123. The largest absolute Gasteiger partial charge is 0.374 e. The van der Waals surface area contributed by atoms with Gasteiger partial charge >= 0.3 is 0 Å². The Morgan fingerprint density at radius 3 is 2.75 bits per heavy atom. The molecule has 1 amide bonds. The Morgan fingerprint density at radius 2 is 2.04 bits per heavy atom. The predicted molar refractivity (Wildman–Crippen MR) is 98.3 cm³/mol. The number of halogens is 1. The maximum atomic E-state index is 12.2. The first-order chi connectivity index (χ1) is 11.2. The topological polar surface area (TPSA) is 50.4 Å². The molecule has 1 spiro atoms. The van der Waals surface area contributed by atoms with Gasteiger partial charge in [0.1, 0.15) is 0 Å². The SMILES string of the molecule is CC(OCCCNC(=O)C1CC12CCNCC2)c1ccccc1.Cl. The van der Waals surface area contributed by atoms with E-state index in [-0.39, 0.29) is 30.3 Å². The summed E-state index contributed by atoms with van der Waals surface area (Å²) in [6.45, 7) is 5.59. The second-order valence-electron chi connectivity index (χ2n) is 6.94. The first-order valence-electron chi connectivity index (χ1n) is 8.86. The molecule has 0 radical (unpaired) electrons. The van der Waals surface area contributed by atoms with E-state index in [9.17, 15) is 4.79 Å². The lowest BCUT2D eigenvalue weighted by Gasteiger charge is -2.23. The molecule has 2 fully saturated rings. The molecule has 1 saturated heterocycles. The summed E-state index contributed by atoms with van der Waals surface area (Å²) in [6.07, 6.45) is 4.37. The van der Waals surface area contributed by atoms with Crippen molar-refractivity contribution in [3.05, 3.63) is 35.9 Å². The summed E-state index contributed by atoms with van der Waals surface area (Å²) in [4.78, 5) is 12.2. The number of hydrogen-bond donors (Lipinski definition) is 2. The molecular formula is C19H29ClN2O2. The average Bonchev–Trinajstić information content (AvgIpc) is 3.28. The van der Waals surface area contributed by atoms with Crippen LogP contribution in [0.5, 0.6) is 0 Å². The van der Waals surface area contributed by atoms with Crippen LogP contribution in [-0.2, 0) is 9.53 Å². The molecule has 1 aliphatic carbocycles. The number of hydrogen-bond acceptors (Lipinski definition) is 3. The Morgan fingerprint density at radius 1 is 1.33 bits per heavy atom. The van der Waals surface area contributed by atoms with Crippen molar-refractivity contribution < 1.29 is 9.53 Å². The third-order valence-electron chi connectivity index (χ3n) is 5.36. The molecule has 24 heavy (non-hydrogen) atoms. The number of piperidine rings is 1. The number of amides is 1. The molecule has 2 unspecified atom stereocenters. The second-order valence-corrected chi connectivity index (χ2v) is 6.94. The third kappa shape index (κ3) is 4.71. The summed E-state index contributed by atoms with van der Waals surface area (Å²) in [5.41, 5.74) is 1.52. The van der Waals surface area contributed by atoms with Crippen molar-refractivity contribution in [2.24, 2.45) is 11.3 Å². The molecule has 1 aliphatic heterocycles. The van der Waals surface area contributed by atoms with E-state index >= 15 is 0 Å². The monoisotopic (exact) mass is 352 g/mol. The van der Waals surface area contributed by atoms with Crippen LogP contribution in [0.25, 0.3) is 0 Å². The zero-order chi connectivity index (χ0) is 16.1. The van der Waals surface area contributed by atoms with Crippen molar-refractivity contribution in [3.8, 4) is 0 Å². The molecule has 5 heteroatoms. The quantitative estimate of drug-likeness (QED) is 0.741. The lowest BCUT2D eigenvalue weighted by atomic mass is 9.92. The van der Waals surface area contributed by atoms with Gasteiger partial charge in [-0.1, -0.05) is 30.3 Å². The zero-order valence-corrected chi connectivity index (χ0v) is 15.2. The fourth-order valence-electron chi connectivity index (χ4n) is 3.68. The van der Waals surface area contributed by atoms with Gasteiger partial charge in [-0.25, -0.2) is 0 Å². The predicted octanol–water partition coefficient (Wildman–Crippen LogP) is 3.08. The van der Waals surface area contributed by atoms with E-state index in [0.29, 0.717) is 18.6 Å². The van der Waals surface area contributed by atoms with E-state index in [1.165, 1.54) is 5.56 Å². The molecule has 1 saturated carbocycles. The van der Waals surface area contributed by atoms with E-state index < -0.39 is 0 Å². The number of ether oxygens (including phenoxy) is 1. The van der Waals surface area contributed by atoms with Crippen molar-refractivity contribution >= 4 is 18.3 Å². The standard InChI is InChI=1S/C19H28N2O2.ClH/c1-15(16-6-3-2-4-7-16)23-13-5-10-21-18(22)17-14-19(17)8-11-20-12-9-19;/h2-4,6-7,15,17,20H,5,8-14H2,1H3,(H,21,22);1H. The highest BCUT2D eigenvalue weighted by molar-refractivity contribution is 5.85. The van der Waals surface area contributed by atoms with Crippen LogP contribution in [0.3, 0.4) is 0 Å². The van der Waals surface area contributed by atoms with Gasteiger partial charge < -0.3 is 15.4 Å². The fourth-order valence-corrected chi connectivity index (χ4v) is 3.68.